The van der Waals surface area contributed by atoms with Gasteiger partial charge in [0.05, 0.1) is 17.6 Å². The van der Waals surface area contributed by atoms with E-state index in [4.69, 9.17) is 16.3 Å². The molecule has 18 heavy (non-hydrogen) atoms. The van der Waals surface area contributed by atoms with Crippen LogP contribution in [0.25, 0.3) is 10.9 Å². The number of aryl methyl sites for hydroxylation is 1. The van der Waals surface area contributed by atoms with Crippen LogP contribution in [0.1, 0.15) is 18.9 Å². The fourth-order valence-electron chi connectivity index (χ4n) is 1.86. The quantitative estimate of drug-likeness (QED) is 0.905. The van der Waals surface area contributed by atoms with Gasteiger partial charge >= 0.3 is 0 Å². The maximum atomic E-state index is 6.11. The third kappa shape index (κ3) is 2.51. The van der Waals surface area contributed by atoms with Gasteiger partial charge in [0.15, 0.2) is 0 Å². The monoisotopic (exact) mass is 264 g/mol. The zero-order valence-electron chi connectivity index (χ0n) is 10.9. The molecule has 4 heteroatoms. The molecule has 2 aromatic rings. The first-order valence-electron chi connectivity index (χ1n) is 6.04. The van der Waals surface area contributed by atoms with Crippen molar-refractivity contribution in [3.8, 4) is 5.75 Å². The van der Waals surface area contributed by atoms with Crippen LogP contribution in [0.3, 0.4) is 0 Å². The Morgan fingerprint density at radius 1 is 1.33 bits per heavy atom. The van der Waals surface area contributed by atoms with E-state index in [1.165, 1.54) is 0 Å². The van der Waals surface area contributed by atoms with Gasteiger partial charge in [0.25, 0.3) is 0 Å². The van der Waals surface area contributed by atoms with Crippen LogP contribution in [-0.2, 0) is 0 Å². The third-order valence-corrected chi connectivity index (χ3v) is 3.12. The van der Waals surface area contributed by atoms with Crippen molar-refractivity contribution in [1.82, 2.24) is 4.98 Å². The molecule has 1 N–H and O–H groups in total. The van der Waals surface area contributed by atoms with Crippen LogP contribution in [0.4, 0.5) is 5.82 Å². The van der Waals surface area contributed by atoms with Crippen molar-refractivity contribution in [1.29, 1.82) is 0 Å². The van der Waals surface area contributed by atoms with Crippen molar-refractivity contribution < 1.29 is 4.74 Å². The lowest BCUT2D eigenvalue weighted by molar-refractivity contribution is 0.415. The number of aromatic nitrogens is 1. The van der Waals surface area contributed by atoms with Crippen molar-refractivity contribution in [2.75, 3.05) is 19.0 Å². The number of hydrogen-bond donors (Lipinski definition) is 1. The molecule has 1 aromatic carbocycles. The maximum absolute atomic E-state index is 6.11. The highest BCUT2D eigenvalue weighted by Crippen LogP contribution is 2.30. The lowest BCUT2D eigenvalue weighted by Gasteiger charge is -2.10. The van der Waals surface area contributed by atoms with E-state index in [0.717, 1.165) is 35.2 Å². The maximum Gasteiger partial charge on any atom is 0.139 e. The summed E-state index contributed by atoms with van der Waals surface area (Å²) < 4.78 is 5.21. The molecule has 0 aliphatic heterocycles. The Bertz CT molecular complexity index is 569. The van der Waals surface area contributed by atoms with E-state index < -0.39 is 0 Å². The fourth-order valence-corrected chi connectivity index (χ4v) is 2.11. The van der Waals surface area contributed by atoms with E-state index in [1.807, 2.05) is 19.1 Å². The Morgan fingerprint density at radius 2 is 2.11 bits per heavy atom. The van der Waals surface area contributed by atoms with Crippen LogP contribution in [0, 0.1) is 6.92 Å². The van der Waals surface area contributed by atoms with Crippen LogP contribution >= 0.6 is 11.6 Å². The number of ether oxygens (including phenoxy) is 1. The second-order valence-corrected chi connectivity index (χ2v) is 4.67. The van der Waals surface area contributed by atoms with Gasteiger partial charge in [0, 0.05) is 18.0 Å². The molecular formula is C14H17ClN2O. The van der Waals surface area contributed by atoms with Crippen LogP contribution < -0.4 is 10.1 Å². The Labute approximate surface area is 112 Å². The van der Waals surface area contributed by atoms with Crippen LogP contribution in [0.2, 0.25) is 5.02 Å². The predicted octanol–water partition coefficient (Wildman–Crippen LogP) is 4.03. The molecule has 96 valence electrons. The standard InChI is InChI=1S/C14H17ClN2O/c1-4-5-16-14-9(2)6-10-7-11(15)13(18-3)8-12(10)17-14/h6-8H,4-5H2,1-3H3,(H,16,17). The minimum atomic E-state index is 0.612. The van der Waals surface area contributed by atoms with Crippen molar-refractivity contribution in [2.24, 2.45) is 0 Å². The normalized spacial score (nSPS) is 10.7. The van der Waals surface area contributed by atoms with Gasteiger partial charge < -0.3 is 10.1 Å². The van der Waals surface area contributed by atoms with E-state index in [9.17, 15) is 0 Å². The van der Waals surface area contributed by atoms with Gasteiger partial charge in [-0.15, -0.1) is 0 Å². The molecule has 2 rings (SSSR count). The minimum Gasteiger partial charge on any atom is -0.495 e. The Morgan fingerprint density at radius 3 is 2.78 bits per heavy atom. The highest BCUT2D eigenvalue weighted by atomic mass is 35.5. The molecular weight excluding hydrogens is 248 g/mol. The van der Waals surface area contributed by atoms with E-state index in [1.54, 1.807) is 7.11 Å². The van der Waals surface area contributed by atoms with E-state index in [2.05, 4.69) is 23.3 Å². The van der Waals surface area contributed by atoms with Crippen LogP contribution in [0.15, 0.2) is 18.2 Å². The Balaban J connectivity index is 2.51. The second kappa shape index (κ2) is 5.44. The zero-order chi connectivity index (χ0) is 13.1. The molecule has 0 unspecified atom stereocenters. The average Bonchev–Trinajstić information content (AvgIpc) is 2.36. The summed E-state index contributed by atoms with van der Waals surface area (Å²) in [4.78, 5) is 4.61. The summed E-state index contributed by atoms with van der Waals surface area (Å²) in [6, 6.07) is 5.85. The first-order chi connectivity index (χ1) is 8.65. The Hall–Kier alpha value is -1.48. The van der Waals surface area contributed by atoms with Crippen LogP contribution in [0.5, 0.6) is 5.75 Å². The van der Waals surface area contributed by atoms with Gasteiger partial charge in [-0.2, -0.15) is 0 Å². The van der Waals surface area contributed by atoms with Crippen molar-refractivity contribution in [2.45, 2.75) is 20.3 Å². The van der Waals surface area contributed by atoms with Crippen molar-refractivity contribution in [3.05, 3.63) is 28.8 Å². The molecule has 0 spiro atoms. The zero-order valence-corrected chi connectivity index (χ0v) is 11.6. The molecule has 0 aliphatic rings. The van der Waals surface area contributed by atoms with Gasteiger partial charge in [0.2, 0.25) is 0 Å². The number of methoxy groups -OCH3 is 1. The van der Waals surface area contributed by atoms with E-state index in [-0.39, 0.29) is 0 Å². The number of nitrogens with zero attached hydrogens (tertiary/aromatic N) is 1. The molecule has 0 radical (unpaired) electrons. The van der Waals surface area contributed by atoms with Gasteiger partial charge in [0.1, 0.15) is 11.6 Å². The van der Waals surface area contributed by atoms with E-state index in [0.29, 0.717) is 10.8 Å². The molecule has 0 fully saturated rings. The largest absolute Gasteiger partial charge is 0.495 e. The minimum absolute atomic E-state index is 0.612. The van der Waals surface area contributed by atoms with E-state index >= 15 is 0 Å². The van der Waals surface area contributed by atoms with Gasteiger partial charge in [-0.1, -0.05) is 18.5 Å². The summed E-state index contributed by atoms with van der Waals surface area (Å²) in [6.45, 7) is 5.10. The smallest absolute Gasteiger partial charge is 0.139 e. The summed E-state index contributed by atoms with van der Waals surface area (Å²) in [7, 11) is 1.61. The number of hydrogen-bond acceptors (Lipinski definition) is 3. The summed E-state index contributed by atoms with van der Waals surface area (Å²) >= 11 is 6.11. The molecule has 0 amide bonds. The lowest BCUT2D eigenvalue weighted by Crippen LogP contribution is -2.04. The van der Waals surface area contributed by atoms with Crippen molar-refractivity contribution >= 4 is 28.3 Å². The molecule has 0 saturated carbocycles. The van der Waals surface area contributed by atoms with Gasteiger partial charge in [-0.25, -0.2) is 4.98 Å². The number of rotatable bonds is 4. The number of anilines is 1. The molecule has 0 aliphatic carbocycles. The van der Waals surface area contributed by atoms with Crippen molar-refractivity contribution in [3.63, 3.8) is 0 Å². The predicted molar refractivity (Wildman–Crippen MR) is 76.8 cm³/mol. The number of benzene rings is 1. The molecule has 0 atom stereocenters. The molecule has 1 heterocycles. The SMILES string of the molecule is CCCNc1nc2cc(OC)c(Cl)cc2cc1C. The topological polar surface area (TPSA) is 34.2 Å². The first-order valence-corrected chi connectivity index (χ1v) is 6.42. The number of pyridine rings is 1. The lowest BCUT2D eigenvalue weighted by atomic mass is 10.1. The summed E-state index contributed by atoms with van der Waals surface area (Å²) in [5.74, 6) is 1.58. The first kappa shape index (κ1) is 13.0. The molecule has 0 saturated heterocycles. The Kier molecular flexibility index (Phi) is 3.92. The fraction of sp³-hybridized carbons (Fsp3) is 0.357. The number of fused-ring (bicyclic) bond motifs is 1. The van der Waals surface area contributed by atoms with Gasteiger partial charge in [-0.3, -0.25) is 0 Å². The highest BCUT2D eigenvalue weighted by molar-refractivity contribution is 6.32. The molecule has 3 nitrogen and oxygen atoms in total. The van der Waals surface area contributed by atoms with Gasteiger partial charge in [-0.05, 0) is 31.0 Å². The number of halogens is 1. The highest BCUT2D eigenvalue weighted by Gasteiger charge is 2.07. The summed E-state index contributed by atoms with van der Waals surface area (Å²) in [6.07, 6.45) is 1.07. The molecule has 0 bridgehead atoms. The molecule has 1 aromatic heterocycles. The number of nitrogens with one attached hydrogen (secondary N) is 1. The average molecular weight is 265 g/mol. The van der Waals surface area contributed by atoms with Crippen LogP contribution in [-0.4, -0.2) is 18.6 Å². The summed E-state index contributed by atoms with van der Waals surface area (Å²) in [5.41, 5.74) is 2.01. The third-order valence-electron chi connectivity index (χ3n) is 2.82. The second-order valence-electron chi connectivity index (χ2n) is 4.26. The summed E-state index contributed by atoms with van der Waals surface area (Å²) in [5, 5.41) is 4.96.